The maximum Gasteiger partial charge on any atom is 0.217 e. The van der Waals surface area contributed by atoms with Gasteiger partial charge in [0, 0.05) is 19.7 Å². The van der Waals surface area contributed by atoms with Crippen molar-refractivity contribution in [1.82, 2.24) is 20.1 Å². The summed E-state index contributed by atoms with van der Waals surface area (Å²) >= 11 is 0. The van der Waals surface area contributed by atoms with Gasteiger partial charge in [0.1, 0.15) is 0 Å². The number of nitrogens with one attached hydrogen (secondary N) is 1. The molecule has 2 aromatic heterocycles. The van der Waals surface area contributed by atoms with E-state index in [1.165, 1.54) is 13.0 Å². The van der Waals surface area contributed by atoms with Gasteiger partial charge in [0.25, 0.3) is 0 Å². The summed E-state index contributed by atoms with van der Waals surface area (Å²) in [6, 6.07) is 4.93. The zero-order valence-corrected chi connectivity index (χ0v) is 11.7. The molecule has 0 radical (unpaired) electrons. The second-order valence-electron chi connectivity index (χ2n) is 4.99. The molecule has 0 saturated heterocycles. The number of carbonyl (C=O) groups excluding carboxylic acids is 1. The lowest BCUT2D eigenvalue weighted by atomic mass is 10.2. The standard InChI is InChI=1S/C14H16FN5O/c1-10(21)17-8-11-7-12-9-19(5-6-20(12)18-11)14-13(15)3-2-4-16-14/h2-4,7H,5-6,8-9H2,1H3,(H,17,21). The Morgan fingerprint density at radius 1 is 1.48 bits per heavy atom. The molecule has 0 atom stereocenters. The van der Waals surface area contributed by atoms with E-state index in [0.717, 1.165) is 11.4 Å². The summed E-state index contributed by atoms with van der Waals surface area (Å²) in [5, 5.41) is 7.16. The fraction of sp³-hybridized carbons (Fsp3) is 0.357. The Morgan fingerprint density at radius 2 is 2.33 bits per heavy atom. The molecule has 3 rings (SSSR count). The number of carbonyl (C=O) groups is 1. The van der Waals surface area contributed by atoms with Crippen molar-refractivity contribution in [2.24, 2.45) is 0 Å². The summed E-state index contributed by atoms with van der Waals surface area (Å²) in [5.41, 5.74) is 1.80. The molecule has 6 nitrogen and oxygen atoms in total. The molecule has 110 valence electrons. The third-order valence-corrected chi connectivity index (χ3v) is 3.41. The first kappa shape index (κ1) is 13.5. The minimum absolute atomic E-state index is 0.0850. The topological polar surface area (TPSA) is 63.1 Å². The van der Waals surface area contributed by atoms with Crippen LogP contribution in [0.15, 0.2) is 24.4 Å². The number of fused-ring (bicyclic) bond motifs is 1. The molecule has 1 aliphatic rings. The van der Waals surface area contributed by atoms with E-state index >= 15 is 0 Å². The minimum Gasteiger partial charge on any atom is -0.351 e. The van der Waals surface area contributed by atoms with Crippen LogP contribution >= 0.6 is 0 Å². The van der Waals surface area contributed by atoms with Gasteiger partial charge in [-0.2, -0.15) is 5.10 Å². The first-order chi connectivity index (χ1) is 10.1. The second-order valence-corrected chi connectivity index (χ2v) is 4.99. The lowest BCUT2D eigenvalue weighted by molar-refractivity contribution is -0.119. The highest BCUT2D eigenvalue weighted by molar-refractivity contribution is 5.72. The van der Waals surface area contributed by atoms with E-state index in [1.54, 1.807) is 12.3 Å². The summed E-state index contributed by atoms with van der Waals surface area (Å²) in [5.74, 6) is -0.0320. The molecule has 3 heterocycles. The van der Waals surface area contributed by atoms with Crippen LogP contribution in [-0.4, -0.2) is 27.2 Å². The second kappa shape index (κ2) is 5.51. The number of rotatable bonds is 3. The molecular weight excluding hydrogens is 273 g/mol. The number of nitrogens with zero attached hydrogens (tertiary/aromatic N) is 4. The van der Waals surface area contributed by atoms with Crippen LogP contribution in [0.4, 0.5) is 10.2 Å². The quantitative estimate of drug-likeness (QED) is 0.918. The van der Waals surface area contributed by atoms with Crippen LogP contribution in [0.3, 0.4) is 0 Å². The van der Waals surface area contributed by atoms with Gasteiger partial charge in [-0.05, 0) is 18.2 Å². The first-order valence-electron chi connectivity index (χ1n) is 6.79. The molecule has 1 N–H and O–H groups in total. The van der Waals surface area contributed by atoms with Crippen molar-refractivity contribution in [3.8, 4) is 0 Å². The third-order valence-electron chi connectivity index (χ3n) is 3.41. The van der Waals surface area contributed by atoms with E-state index in [4.69, 9.17) is 0 Å². The smallest absolute Gasteiger partial charge is 0.217 e. The Hall–Kier alpha value is -2.44. The van der Waals surface area contributed by atoms with E-state index in [2.05, 4.69) is 15.4 Å². The monoisotopic (exact) mass is 289 g/mol. The highest BCUT2D eigenvalue weighted by Crippen LogP contribution is 2.21. The number of hydrogen-bond donors (Lipinski definition) is 1. The Kier molecular flexibility index (Phi) is 3.55. The summed E-state index contributed by atoms with van der Waals surface area (Å²) in [4.78, 5) is 16.9. The first-order valence-corrected chi connectivity index (χ1v) is 6.79. The van der Waals surface area contributed by atoms with Gasteiger partial charge in [0.05, 0.1) is 31.0 Å². The Balaban J connectivity index is 1.76. The van der Waals surface area contributed by atoms with Crippen molar-refractivity contribution in [2.45, 2.75) is 26.6 Å². The van der Waals surface area contributed by atoms with E-state index in [9.17, 15) is 9.18 Å². The van der Waals surface area contributed by atoms with Crippen LogP contribution in [0.2, 0.25) is 0 Å². The molecule has 0 fully saturated rings. The average Bonchev–Trinajstić information content (AvgIpc) is 2.87. The Morgan fingerprint density at radius 3 is 3.10 bits per heavy atom. The van der Waals surface area contributed by atoms with Crippen LogP contribution in [0.25, 0.3) is 0 Å². The van der Waals surface area contributed by atoms with Crippen molar-refractivity contribution in [1.29, 1.82) is 0 Å². The van der Waals surface area contributed by atoms with E-state index < -0.39 is 0 Å². The van der Waals surface area contributed by atoms with Crippen LogP contribution in [0.1, 0.15) is 18.3 Å². The van der Waals surface area contributed by atoms with Crippen LogP contribution in [0, 0.1) is 5.82 Å². The van der Waals surface area contributed by atoms with Crippen molar-refractivity contribution in [3.63, 3.8) is 0 Å². The Labute approximate surface area is 121 Å². The molecule has 0 spiro atoms. The average molecular weight is 289 g/mol. The van der Waals surface area contributed by atoms with Crippen molar-refractivity contribution in [3.05, 3.63) is 41.6 Å². The van der Waals surface area contributed by atoms with Crippen molar-refractivity contribution >= 4 is 11.7 Å². The lowest BCUT2D eigenvalue weighted by Crippen LogP contribution is -2.34. The lowest BCUT2D eigenvalue weighted by Gasteiger charge is -2.28. The fourth-order valence-electron chi connectivity index (χ4n) is 2.42. The summed E-state index contributed by atoms with van der Waals surface area (Å²) in [6.45, 7) is 3.77. The number of hydrogen-bond acceptors (Lipinski definition) is 4. The molecular formula is C14H16FN5O. The molecule has 1 aliphatic heterocycles. The van der Waals surface area contributed by atoms with Crippen LogP contribution < -0.4 is 10.2 Å². The summed E-state index contributed by atoms with van der Waals surface area (Å²) < 4.78 is 15.7. The van der Waals surface area contributed by atoms with Gasteiger partial charge in [-0.25, -0.2) is 9.37 Å². The highest BCUT2D eigenvalue weighted by atomic mass is 19.1. The number of aromatic nitrogens is 3. The number of halogens is 1. The van der Waals surface area contributed by atoms with Crippen LogP contribution in [0.5, 0.6) is 0 Å². The molecule has 1 amide bonds. The predicted octanol–water partition coefficient (Wildman–Crippen LogP) is 1.07. The van der Waals surface area contributed by atoms with E-state index in [1.807, 2.05) is 15.6 Å². The van der Waals surface area contributed by atoms with Crippen LogP contribution in [-0.2, 0) is 24.4 Å². The largest absolute Gasteiger partial charge is 0.351 e. The van der Waals surface area contributed by atoms with Crippen molar-refractivity contribution in [2.75, 3.05) is 11.4 Å². The maximum absolute atomic E-state index is 13.8. The van der Waals surface area contributed by atoms with Gasteiger partial charge < -0.3 is 10.2 Å². The predicted molar refractivity (Wildman–Crippen MR) is 75.0 cm³/mol. The maximum atomic E-state index is 13.8. The summed E-state index contributed by atoms with van der Waals surface area (Å²) in [6.07, 6.45) is 1.59. The van der Waals surface area contributed by atoms with Gasteiger partial charge in [-0.3, -0.25) is 9.48 Å². The number of amides is 1. The summed E-state index contributed by atoms with van der Waals surface area (Å²) in [7, 11) is 0. The minimum atomic E-state index is -0.316. The van der Waals surface area contributed by atoms with Gasteiger partial charge in [-0.15, -0.1) is 0 Å². The molecule has 2 aromatic rings. The Bertz CT molecular complexity index is 669. The van der Waals surface area contributed by atoms with Gasteiger partial charge in [0.2, 0.25) is 5.91 Å². The highest BCUT2D eigenvalue weighted by Gasteiger charge is 2.21. The number of pyridine rings is 1. The van der Waals surface area contributed by atoms with Crippen molar-refractivity contribution < 1.29 is 9.18 Å². The number of anilines is 1. The molecule has 0 bridgehead atoms. The zero-order valence-electron chi connectivity index (χ0n) is 11.7. The molecule has 7 heteroatoms. The van der Waals surface area contributed by atoms with Gasteiger partial charge in [-0.1, -0.05) is 0 Å². The zero-order chi connectivity index (χ0) is 14.8. The fourth-order valence-corrected chi connectivity index (χ4v) is 2.42. The molecule has 21 heavy (non-hydrogen) atoms. The molecule has 0 saturated carbocycles. The van der Waals surface area contributed by atoms with Gasteiger partial charge >= 0.3 is 0 Å². The normalized spacial score (nSPS) is 13.9. The SMILES string of the molecule is CC(=O)NCc1cc2n(n1)CCN(c1ncccc1F)C2. The van der Waals surface area contributed by atoms with E-state index in [0.29, 0.717) is 32.0 Å². The third kappa shape index (κ3) is 2.86. The van der Waals surface area contributed by atoms with E-state index in [-0.39, 0.29) is 11.7 Å². The molecule has 0 aliphatic carbocycles. The molecule has 0 unspecified atom stereocenters. The van der Waals surface area contributed by atoms with Gasteiger partial charge in [0.15, 0.2) is 11.6 Å². The molecule has 0 aromatic carbocycles.